The second kappa shape index (κ2) is 7.47. The highest BCUT2D eigenvalue weighted by Gasteiger charge is 2.27. The average molecular weight is 286 g/mol. The molecule has 6 nitrogen and oxygen atoms in total. The van der Waals surface area contributed by atoms with Crippen LogP contribution in [0.1, 0.15) is 33.6 Å². The van der Waals surface area contributed by atoms with Crippen LogP contribution in [0.15, 0.2) is 0 Å². The van der Waals surface area contributed by atoms with Crippen LogP contribution in [0.3, 0.4) is 0 Å². The fourth-order valence-electron chi connectivity index (χ4n) is 1.99. The van der Waals surface area contributed by atoms with Crippen molar-refractivity contribution in [2.24, 2.45) is 0 Å². The lowest BCUT2D eigenvalue weighted by molar-refractivity contribution is -0.133. The molecule has 0 atom stereocenters. The van der Waals surface area contributed by atoms with Crippen molar-refractivity contribution in [2.75, 3.05) is 39.9 Å². The van der Waals surface area contributed by atoms with Crippen molar-refractivity contribution >= 4 is 12.0 Å². The number of ether oxygens (including phenoxy) is 2. The Morgan fingerprint density at radius 3 is 2.10 bits per heavy atom. The number of hydrogen-bond donors (Lipinski definition) is 0. The molecule has 0 bridgehead atoms. The van der Waals surface area contributed by atoms with E-state index in [9.17, 15) is 9.59 Å². The maximum Gasteiger partial charge on any atom is 0.410 e. The molecule has 0 aliphatic carbocycles. The molecule has 2 amide bonds. The van der Waals surface area contributed by atoms with E-state index in [0.29, 0.717) is 39.2 Å². The number of piperazine rings is 1. The molecule has 0 aromatic carbocycles. The van der Waals surface area contributed by atoms with Gasteiger partial charge in [0.1, 0.15) is 5.60 Å². The van der Waals surface area contributed by atoms with E-state index in [1.54, 1.807) is 16.9 Å². The summed E-state index contributed by atoms with van der Waals surface area (Å²) in [7, 11) is 1.63. The summed E-state index contributed by atoms with van der Waals surface area (Å²) >= 11 is 0. The quantitative estimate of drug-likeness (QED) is 0.735. The standard InChI is InChI=1S/C14H26N2O4/c1-14(2,3)20-13(18)16-9-7-15(8-10-16)12(17)6-5-11-19-4/h5-11H2,1-4H3. The molecule has 116 valence electrons. The Hall–Kier alpha value is -1.30. The van der Waals surface area contributed by atoms with Crippen molar-refractivity contribution in [3.8, 4) is 0 Å². The van der Waals surface area contributed by atoms with E-state index in [0.717, 1.165) is 6.42 Å². The summed E-state index contributed by atoms with van der Waals surface area (Å²) in [6.45, 7) is 8.36. The van der Waals surface area contributed by atoms with Gasteiger partial charge in [0.2, 0.25) is 5.91 Å². The molecule has 0 unspecified atom stereocenters. The van der Waals surface area contributed by atoms with Gasteiger partial charge in [-0.1, -0.05) is 0 Å². The van der Waals surface area contributed by atoms with E-state index in [1.165, 1.54) is 0 Å². The van der Waals surface area contributed by atoms with Gasteiger partial charge < -0.3 is 19.3 Å². The van der Waals surface area contributed by atoms with E-state index in [4.69, 9.17) is 9.47 Å². The molecule has 0 saturated carbocycles. The monoisotopic (exact) mass is 286 g/mol. The molecule has 0 radical (unpaired) electrons. The van der Waals surface area contributed by atoms with Gasteiger partial charge in [-0.2, -0.15) is 0 Å². The zero-order valence-electron chi connectivity index (χ0n) is 13.0. The summed E-state index contributed by atoms with van der Waals surface area (Å²) in [6, 6.07) is 0. The molecule has 6 heteroatoms. The zero-order chi connectivity index (χ0) is 15.2. The maximum atomic E-state index is 11.9. The van der Waals surface area contributed by atoms with Crippen LogP contribution in [-0.2, 0) is 14.3 Å². The van der Waals surface area contributed by atoms with Crippen LogP contribution in [0, 0.1) is 0 Å². The van der Waals surface area contributed by atoms with Crippen molar-refractivity contribution in [3.63, 3.8) is 0 Å². The third kappa shape index (κ3) is 5.77. The molecule has 1 aliphatic heterocycles. The minimum Gasteiger partial charge on any atom is -0.444 e. The Morgan fingerprint density at radius 2 is 1.60 bits per heavy atom. The van der Waals surface area contributed by atoms with Crippen LogP contribution in [0.4, 0.5) is 4.79 Å². The number of amides is 2. The van der Waals surface area contributed by atoms with E-state index >= 15 is 0 Å². The predicted octanol–water partition coefficient (Wildman–Crippen LogP) is 1.49. The Bertz CT molecular complexity index is 331. The predicted molar refractivity (Wildman–Crippen MR) is 75.5 cm³/mol. The van der Waals surface area contributed by atoms with Gasteiger partial charge in [0.05, 0.1) is 0 Å². The first-order valence-corrected chi connectivity index (χ1v) is 7.08. The molecule has 0 aromatic heterocycles. The van der Waals surface area contributed by atoms with Gasteiger partial charge in [0.15, 0.2) is 0 Å². The number of methoxy groups -OCH3 is 1. The van der Waals surface area contributed by atoms with E-state index in [2.05, 4.69) is 0 Å². The van der Waals surface area contributed by atoms with Gasteiger partial charge in [-0.25, -0.2) is 4.79 Å². The summed E-state index contributed by atoms with van der Waals surface area (Å²) in [5.41, 5.74) is -0.482. The van der Waals surface area contributed by atoms with Gasteiger partial charge in [-0.3, -0.25) is 4.79 Å². The summed E-state index contributed by atoms with van der Waals surface area (Å²) < 4.78 is 10.3. The third-order valence-electron chi connectivity index (χ3n) is 3.02. The van der Waals surface area contributed by atoms with Crippen LogP contribution in [0.2, 0.25) is 0 Å². The van der Waals surface area contributed by atoms with Crippen molar-refractivity contribution < 1.29 is 19.1 Å². The highest BCUT2D eigenvalue weighted by atomic mass is 16.6. The van der Waals surface area contributed by atoms with E-state index in [-0.39, 0.29) is 12.0 Å². The van der Waals surface area contributed by atoms with Gasteiger partial charge in [-0.15, -0.1) is 0 Å². The van der Waals surface area contributed by atoms with Gasteiger partial charge >= 0.3 is 6.09 Å². The highest BCUT2D eigenvalue weighted by molar-refractivity contribution is 5.76. The smallest absolute Gasteiger partial charge is 0.410 e. The fourth-order valence-corrected chi connectivity index (χ4v) is 1.99. The normalized spacial score (nSPS) is 16.2. The van der Waals surface area contributed by atoms with Crippen LogP contribution < -0.4 is 0 Å². The summed E-state index contributed by atoms with van der Waals surface area (Å²) in [6.07, 6.45) is 0.936. The SMILES string of the molecule is COCCCC(=O)N1CCN(C(=O)OC(C)(C)C)CC1. The second-order valence-corrected chi connectivity index (χ2v) is 5.94. The minimum atomic E-state index is -0.482. The third-order valence-corrected chi connectivity index (χ3v) is 3.02. The number of carbonyl (C=O) groups excluding carboxylic acids is 2. The first-order chi connectivity index (χ1) is 9.33. The van der Waals surface area contributed by atoms with Crippen LogP contribution >= 0.6 is 0 Å². The molecule has 0 spiro atoms. The maximum absolute atomic E-state index is 11.9. The molecule has 1 fully saturated rings. The van der Waals surface area contributed by atoms with E-state index in [1.807, 2.05) is 20.8 Å². The lowest BCUT2D eigenvalue weighted by atomic mass is 10.2. The highest BCUT2D eigenvalue weighted by Crippen LogP contribution is 2.12. The van der Waals surface area contributed by atoms with Crippen molar-refractivity contribution in [1.29, 1.82) is 0 Å². The molecular formula is C14H26N2O4. The summed E-state index contributed by atoms with van der Waals surface area (Å²) in [5.74, 6) is 0.130. The van der Waals surface area contributed by atoms with Gasteiger partial charge in [-0.05, 0) is 27.2 Å². The topological polar surface area (TPSA) is 59.1 Å². The first kappa shape index (κ1) is 16.8. The molecule has 1 saturated heterocycles. The molecule has 1 rings (SSSR count). The number of hydrogen-bond acceptors (Lipinski definition) is 4. The Labute approximate surface area is 121 Å². The molecule has 1 heterocycles. The molecule has 0 N–H and O–H groups in total. The minimum absolute atomic E-state index is 0.130. The van der Waals surface area contributed by atoms with Crippen LogP contribution in [-0.4, -0.2) is 67.3 Å². The fraction of sp³-hybridized carbons (Fsp3) is 0.857. The largest absolute Gasteiger partial charge is 0.444 e. The summed E-state index contributed by atoms with van der Waals surface area (Å²) in [4.78, 5) is 27.3. The second-order valence-electron chi connectivity index (χ2n) is 5.94. The summed E-state index contributed by atoms with van der Waals surface area (Å²) in [5, 5.41) is 0. The molecule has 0 aromatic rings. The van der Waals surface area contributed by atoms with Gasteiger partial charge in [0.25, 0.3) is 0 Å². The van der Waals surface area contributed by atoms with E-state index < -0.39 is 5.60 Å². The Morgan fingerprint density at radius 1 is 1.05 bits per heavy atom. The van der Waals surface area contributed by atoms with Crippen molar-refractivity contribution in [3.05, 3.63) is 0 Å². The lowest BCUT2D eigenvalue weighted by Gasteiger charge is -2.35. The molecule has 1 aliphatic rings. The van der Waals surface area contributed by atoms with Crippen LogP contribution in [0.25, 0.3) is 0 Å². The van der Waals surface area contributed by atoms with Crippen molar-refractivity contribution in [2.45, 2.75) is 39.2 Å². The van der Waals surface area contributed by atoms with Crippen LogP contribution in [0.5, 0.6) is 0 Å². The molecular weight excluding hydrogens is 260 g/mol. The lowest BCUT2D eigenvalue weighted by Crippen LogP contribution is -2.51. The Balaban J connectivity index is 2.32. The molecule has 20 heavy (non-hydrogen) atoms. The van der Waals surface area contributed by atoms with Gasteiger partial charge in [0, 0.05) is 46.3 Å². The number of carbonyl (C=O) groups is 2. The number of rotatable bonds is 4. The Kier molecular flexibility index (Phi) is 6.26. The van der Waals surface area contributed by atoms with Crippen molar-refractivity contribution in [1.82, 2.24) is 9.80 Å². The zero-order valence-corrected chi connectivity index (χ0v) is 13.0. The number of nitrogens with zero attached hydrogens (tertiary/aromatic N) is 2. The first-order valence-electron chi connectivity index (χ1n) is 7.08. The average Bonchev–Trinajstić information content (AvgIpc) is 2.37.